The van der Waals surface area contributed by atoms with Crippen molar-refractivity contribution in [2.75, 3.05) is 11.0 Å². The van der Waals surface area contributed by atoms with E-state index in [1.165, 1.54) is 18.2 Å². The van der Waals surface area contributed by atoms with Crippen LogP contribution in [0.4, 0.5) is 19.0 Å². The lowest BCUT2D eigenvalue weighted by Gasteiger charge is -2.10. The van der Waals surface area contributed by atoms with Crippen LogP contribution >= 0.6 is 0 Å². The lowest BCUT2D eigenvalue weighted by Crippen LogP contribution is -2.10. The van der Waals surface area contributed by atoms with Gasteiger partial charge in [0, 0.05) is 18.9 Å². The molecule has 0 saturated carbocycles. The van der Waals surface area contributed by atoms with E-state index in [0.717, 1.165) is 18.4 Å². The fourth-order valence-electron chi connectivity index (χ4n) is 3.06. The molecule has 7 nitrogen and oxygen atoms in total. The number of hydrogen-bond acceptors (Lipinski definition) is 4. The van der Waals surface area contributed by atoms with Crippen molar-refractivity contribution in [1.29, 1.82) is 0 Å². The van der Waals surface area contributed by atoms with Gasteiger partial charge in [0.15, 0.2) is 5.65 Å². The molecule has 0 radical (unpaired) electrons. The molecule has 0 amide bonds. The number of benzene rings is 1. The van der Waals surface area contributed by atoms with E-state index in [-0.39, 0.29) is 5.82 Å². The quantitative estimate of drug-likeness (QED) is 0.563. The highest BCUT2D eigenvalue weighted by atomic mass is 32.2. The van der Waals surface area contributed by atoms with Gasteiger partial charge in [-0.25, -0.2) is 13.4 Å². The number of pyridine rings is 1. The van der Waals surface area contributed by atoms with Crippen LogP contribution < -0.4 is 4.72 Å². The lowest BCUT2D eigenvalue weighted by atomic mass is 10.2. The van der Waals surface area contributed by atoms with E-state index in [4.69, 9.17) is 0 Å². The fourth-order valence-corrected chi connectivity index (χ4v) is 3.55. The normalized spacial score (nSPS) is 12.8. The number of fused-ring (bicyclic) bond motifs is 3. The molecule has 4 rings (SSSR count). The number of nitrogens with zero attached hydrogens (tertiary/aromatic N) is 4. The van der Waals surface area contributed by atoms with Crippen LogP contribution in [0.2, 0.25) is 0 Å². The number of halogens is 3. The number of anilines is 1. The maximum Gasteiger partial charge on any atom is 0.416 e. The third kappa shape index (κ3) is 3.17. The molecule has 1 aromatic carbocycles. The third-order valence-electron chi connectivity index (χ3n) is 4.13. The van der Waals surface area contributed by atoms with Gasteiger partial charge in [0.2, 0.25) is 10.0 Å². The first kappa shape index (κ1) is 18.3. The van der Waals surface area contributed by atoms with Crippen LogP contribution in [0.5, 0.6) is 0 Å². The molecule has 28 heavy (non-hydrogen) atoms. The molecule has 0 atom stereocenters. The Hall–Kier alpha value is -3.08. The second kappa shape index (κ2) is 5.96. The van der Waals surface area contributed by atoms with E-state index < -0.39 is 21.8 Å². The van der Waals surface area contributed by atoms with E-state index in [1.54, 1.807) is 28.6 Å². The first-order valence-corrected chi connectivity index (χ1v) is 9.92. The van der Waals surface area contributed by atoms with Crippen molar-refractivity contribution in [3.63, 3.8) is 0 Å². The van der Waals surface area contributed by atoms with Crippen molar-refractivity contribution in [1.82, 2.24) is 19.3 Å². The summed E-state index contributed by atoms with van der Waals surface area (Å²) in [4.78, 5) is 4.36. The summed E-state index contributed by atoms with van der Waals surface area (Å²) in [7, 11) is -1.79. The SMILES string of the molecule is Cn1cc2c3nc(NS(C)(=O)=O)ccc3n(-c3ccc(C(F)(F)F)cc3)c2n1. The summed E-state index contributed by atoms with van der Waals surface area (Å²) in [5, 5.41) is 5.03. The zero-order chi connectivity index (χ0) is 20.3. The molecular weight excluding hydrogens is 395 g/mol. The number of aromatic nitrogens is 4. The fraction of sp³-hybridized carbons (Fsp3) is 0.176. The van der Waals surface area contributed by atoms with Crippen LogP contribution in [-0.2, 0) is 23.2 Å². The Morgan fingerprint density at radius 2 is 1.75 bits per heavy atom. The van der Waals surface area contributed by atoms with Gasteiger partial charge in [0.05, 0.1) is 22.7 Å². The molecule has 11 heteroatoms. The van der Waals surface area contributed by atoms with Crippen LogP contribution in [0.25, 0.3) is 27.8 Å². The van der Waals surface area contributed by atoms with Crippen LogP contribution in [0, 0.1) is 0 Å². The second-order valence-corrected chi connectivity index (χ2v) is 8.11. The molecule has 1 N–H and O–H groups in total. The highest BCUT2D eigenvalue weighted by Gasteiger charge is 2.30. The monoisotopic (exact) mass is 409 g/mol. The van der Waals surface area contributed by atoms with Crippen molar-refractivity contribution < 1.29 is 21.6 Å². The maximum absolute atomic E-state index is 12.9. The van der Waals surface area contributed by atoms with Crippen molar-refractivity contribution in [2.24, 2.45) is 7.05 Å². The summed E-state index contributed by atoms with van der Waals surface area (Å²) < 4.78 is 67.1. The molecule has 0 saturated heterocycles. The summed E-state index contributed by atoms with van der Waals surface area (Å²) in [6.07, 6.45) is -1.69. The summed E-state index contributed by atoms with van der Waals surface area (Å²) in [6, 6.07) is 7.86. The summed E-state index contributed by atoms with van der Waals surface area (Å²) in [6.45, 7) is 0. The van der Waals surface area contributed by atoms with Gasteiger partial charge < -0.3 is 0 Å². The molecule has 0 aliphatic carbocycles. The first-order chi connectivity index (χ1) is 13.0. The number of aryl methyl sites for hydroxylation is 1. The minimum atomic E-state index is -4.43. The first-order valence-electron chi connectivity index (χ1n) is 8.03. The summed E-state index contributed by atoms with van der Waals surface area (Å²) in [5.41, 5.74) is 1.31. The second-order valence-electron chi connectivity index (χ2n) is 6.36. The highest BCUT2D eigenvalue weighted by Crippen LogP contribution is 2.33. The van der Waals surface area contributed by atoms with Crippen LogP contribution in [0.1, 0.15) is 5.56 Å². The van der Waals surface area contributed by atoms with Crippen molar-refractivity contribution in [3.05, 3.63) is 48.2 Å². The predicted octanol–water partition coefficient (Wildman–Crippen LogP) is 3.30. The van der Waals surface area contributed by atoms with Crippen molar-refractivity contribution in [2.45, 2.75) is 6.18 Å². The average molecular weight is 409 g/mol. The number of nitrogens with one attached hydrogen (secondary N) is 1. The van der Waals surface area contributed by atoms with Gasteiger partial charge in [-0.1, -0.05) is 0 Å². The van der Waals surface area contributed by atoms with E-state index in [1.807, 2.05) is 0 Å². The highest BCUT2D eigenvalue weighted by molar-refractivity contribution is 7.92. The minimum absolute atomic E-state index is 0.144. The average Bonchev–Trinajstić information content (AvgIpc) is 3.08. The van der Waals surface area contributed by atoms with E-state index in [2.05, 4.69) is 14.8 Å². The molecule has 0 spiro atoms. The van der Waals surface area contributed by atoms with E-state index in [9.17, 15) is 21.6 Å². The number of rotatable bonds is 3. The van der Waals surface area contributed by atoms with E-state index in [0.29, 0.717) is 27.8 Å². The van der Waals surface area contributed by atoms with Gasteiger partial charge in [-0.2, -0.15) is 18.3 Å². The molecule has 3 heterocycles. The molecule has 0 unspecified atom stereocenters. The smallest absolute Gasteiger partial charge is 0.291 e. The number of hydrogen-bond donors (Lipinski definition) is 1. The molecule has 3 aromatic heterocycles. The molecule has 0 bridgehead atoms. The Labute approximate surface area is 157 Å². The topological polar surface area (TPSA) is 81.8 Å². The third-order valence-corrected chi connectivity index (χ3v) is 4.71. The molecule has 4 aromatic rings. The van der Waals surface area contributed by atoms with Crippen molar-refractivity contribution in [3.8, 4) is 5.69 Å². The standard InChI is InChI=1S/C17H14F3N5O2S/c1-24-9-12-15-13(7-8-14(21-15)23-28(2,26)27)25(16(12)22-24)11-5-3-10(4-6-11)17(18,19)20/h3-9H,1-2H3,(H,21,23). The maximum atomic E-state index is 12.9. The minimum Gasteiger partial charge on any atom is -0.291 e. The lowest BCUT2D eigenvalue weighted by molar-refractivity contribution is -0.137. The Balaban J connectivity index is 1.94. The predicted molar refractivity (Wildman–Crippen MR) is 98.8 cm³/mol. The van der Waals surface area contributed by atoms with Gasteiger partial charge in [-0.05, 0) is 36.4 Å². The number of alkyl halides is 3. The van der Waals surface area contributed by atoms with Crippen molar-refractivity contribution >= 4 is 37.9 Å². The molecular formula is C17H14F3N5O2S. The Morgan fingerprint density at radius 1 is 1.07 bits per heavy atom. The Bertz CT molecular complexity index is 1300. The molecule has 0 aliphatic heterocycles. The van der Waals surface area contributed by atoms with E-state index >= 15 is 0 Å². The Morgan fingerprint density at radius 3 is 2.36 bits per heavy atom. The van der Waals surface area contributed by atoms with Gasteiger partial charge in [-0.3, -0.25) is 14.0 Å². The van der Waals surface area contributed by atoms with Gasteiger partial charge in [0.25, 0.3) is 0 Å². The summed E-state index contributed by atoms with van der Waals surface area (Å²) >= 11 is 0. The number of sulfonamides is 1. The van der Waals surface area contributed by atoms with Gasteiger partial charge >= 0.3 is 6.18 Å². The largest absolute Gasteiger partial charge is 0.416 e. The van der Waals surface area contributed by atoms with Crippen LogP contribution in [0.15, 0.2) is 42.6 Å². The zero-order valence-electron chi connectivity index (χ0n) is 14.7. The molecule has 0 aliphatic rings. The summed E-state index contributed by atoms with van der Waals surface area (Å²) in [5.74, 6) is 0.144. The van der Waals surface area contributed by atoms with Gasteiger partial charge in [-0.15, -0.1) is 0 Å². The molecule has 146 valence electrons. The zero-order valence-corrected chi connectivity index (χ0v) is 15.5. The molecule has 0 fully saturated rings. The van der Waals surface area contributed by atoms with Gasteiger partial charge in [0.1, 0.15) is 11.3 Å². The Kier molecular flexibility index (Phi) is 3.89. The van der Waals surface area contributed by atoms with Crippen LogP contribution in [-0.4, -0.2) is 34.0 Å². The van der Waals surface area contributed by atoms with Crippen LogP contribution in [0.3, 0.4) is 0 Å².